The first kappa shape index (κ1) is 22.0. The maximum atomic E-state index is 13.0. The van der Waals surface area contributed by atoms with Gasteiger partial charge in [0, 0.05) is 37.3 Å². The summed E-state index contributed by atoms with van der Waals surface area (Å²) in [4.78, 5) is 29.2. The molecule has 2 aromatic rings. The van der Waals surface area contributed by atoms with Gasteiger partial charge in [-0.1, -0.05) is 30.7 Å². The van der Waals surface area contributed by atoms with E-state index in [1.807, 2.05) is 31.2 Å². The average Bonchev–Trinajstić information content (AvgIpc) is 2.79. The normalized spacial score (nSPS) is 13.9. The molecule has 0 spiro atoms. The second kappa shape index (κ2) is 9.85. The number of carbonyl (C=O) groups is 2. The summed E-state index contributed by atoms with van der Waals surface area (Å²) in [5, 5.41) is 0.337. The summed E-state index contributed by atoms with van der Waals surface area (Å²) in [7, 11) is 1.51. The molecule has 0 aliphatic carbocycles. The first-order valence-corrected chi connectivity index (χ1v) is 10.5. The van der Waals surface area contributed by atoms with Crippen LogP contribution in [0.3, 0.4) is 0 Å². The molecular formula is C23H27ClN2O4. The highest BCUT2D eigenvalue weighted by Gasteiger charge is 2.26. The lowest BCUT2D eigenvalue weighted by atomic mass is 10.1. The van der Waals surface area contributed by atoms with Crippen molar-refractivity contribution < 1.29 is 19.1 Å². The quantitative estimate of drug-likeness (QED) is 0.697. The summed E-state index contributed by atoms with van der Waals surface area (Å²) < 4.78 is 10.8. The molecule has 1 heterocycles. The smallest absolute Gasteiger partial charge is 0.254 e. The zero-order valence-electron chi connectivity index (χ0n) is 17.6. The Balaban J connectivity index is 1.66. The van der Waals surface area contributed by atoms with Crippen LogP contribution in [0, 0.1) is 0 Å². The van der Waals surface area contributed by atoms with Gasteiger partial charge in [-0.2, -0.15) is 0 Å². The monoisotopic (exact) mass is 430 g/mol. The molecule has 2 amide bonds. The van der Waals surface area contributed by atoms with E-state index >= 15 is 0 Å². The lowest BCUT2D eigenvalue weighted by molar-refractivity contribution is 0.0535. The lowest BCUT2D eigenvalue weighted by Gasteiger charge is -2.35. The van der Waals surface area contributed by atoms with Crippen LogP contribution in [0.5, 0.6) is 11.5 Å². The molecule has 1 aliphatic rings. The fourth-order valence-corrected chi connectivity index (χ4v) is 3.75. The van der Waals surface area contributed by atoms with E-state index in [1.54, 1.807) is 21.9 Å². The number of benzene rings is 2. The maximum absolute atomic E-state index is 13.0. The molecule has 0 radical (unpaired) electrons. The number of nitrogens with zero attached hydrogens (tertiary/aromatic N) is 2. The average molecular weight is 431 g/mol. The second-order valence-corrected chi connectivity index (χ2v) is 7.46. The fourth-order valence-electron chi connectivity index (χ4n) is 3.49. The van der Waals surface area contributed by atoms with Crippen LogP contribution >= 0.6 is 11.6 Å². The Morgan fingerprint density at radius 3 is 2.00 bits per heavy atom. The van der Waals surface area contributed by atoms with Crippen molar-refractivity contribution in [3.63, 3.8) is 0 Å². The van der Waals surface area contributed by atoms with Crippen LogP contribution in [-0.4, -0.2) is 61.5 Å². The van der Waals surface area contributed by atoms with E-state index in [2.05, 4.69) is 6.92 Å². The van der Waals surface area contributed by atoms with Gasteiger partial charge in [0.2, 0.25) is 0 Å². The van der Waals surface area contributed by atoms with Gasteiger partial charge in [-0.05, 0) is 43.2 Å². The Labute approximate surface area is 182 Å². The number of hydrogen-bond donors (Lipinski definition) is 0. The van der Waals surface area contributed by atoms with Gasteiger partial charge in [-0.15, -0.1) is 0 Å². The summed E-state index contributed by atoms with van der Waals surface area (Å²) in [5.74, 6) is 0.716. The van der Waals surface area contributed by atoms with Crippen LogP contribution < -0.4 is 9.47 Å². The number of halogens is 1. The Morgan fingerprint density at radius 1 is 0.933 bits per heavy atom. The van der Waals surface area contributed by atoms with Gasteiger partial charge >= 0.3 is 0 Å². The van der Waals surface area contributed by atoms with Crippen molar-refractivity contribution in [3.05, 3.63) is 58.1 Å². The van der Waals surface area contributed by atoms with Gasteiger partial charge in [0.1, 0.15) is 0 Å². The van der Waals surface area contributed by atoms with Crippen molar-refractivity contribution in [1.29, 1.82) is 0 Å². The Morgan fingerprint density at radius 2 is 1.50 bits per heavy atom. The summed E-state index contributed by atoms with van der Waals surface area (Å²) in [6.45, 7) is 6.29. The minimum atomic E-state index is -0.141. The first-order valence-electron chi connectivity index (χ1n) is 10.2. The molecule has 3 rings (SSSR count). The Bertz CT molecular complexity index is 906. The van der Waals surface area contributed by atoms with Crippen molar-refractivity contribution in [1.82, 2.24) is 9.80 Å². The van der Waals surface area contributed by atoms with E-state index in [0.29, 0.717) is 60.4 Å². The molecule has 30 heavy (non-hydrogen) atoms. The van der Waals surface area contributed by atoms with Gasteiger partial charge in [-0.3, -0.25) is 9.59 Å². The van der Waals surface area contributed by atoms with Crippen molar-refractivity contribution >= 4 is 23.4 Å². The number of amides is 2. The first-order chi connectivity index (χ1) is 14.5. The third-order valence-corrected chi connectivity index (χ3v) is 5.51. The number of ether oxygens (including phenoxy) is 2. The van der Waals surface area contributed by atoms with Crippen LogP contribution in [0.2, 0.25) is 5.02 Å². The summed E-state index contributed by atoms with van der Waals surface area (Å²) in [5.41, 5.74) is 2.32. The van der Waals surface area contributed by atoms with Gasteiger partial charge in [0.15, 0.2) is 11.5 Å². The van der Waals surface area contributed by atoms with E-state index in [0.717, 1.165) is 6.42 Å². The molecule has 0 N–H and O–H groups in total. The van der Waals surface area contributed by atoms with E-state index in [4.69, 9.17) is 21.1 Å². The highest BCUT2D eigenvalue weighted by molar-refractivity contribution is 6.32. The number of aryl methyl sites for hydroxylation is 1. The molecule has 6 nitrogen and oxygen atoms in total. The second-order valence-electron chi connectivity index (χ2n) is 7.06. The third-order valence-electron chi connectivity index (χ3n) is 5.23. The number of piperazine rings is 1. The molecular weight excluding hydrogens is 404 g/mol. The summed E-state index contributed by atoms with van der Waals surface area (Å²) in [6, 6.07) is 10.9. The number of hydrogen-bond acceptors (Lipinski definition) is 4. The molecule has 2 aromatic carbocycles. The highest BCUT2D eigenvalue weighted by atomic mass is 35.5. The third kappa shape index (κ3) is 4.70. The predicted molar refractivity (Wildman–Crippen MR) is 117 cm³/mol. The molecule has 1 saturated heterocycles. The van der Waals surface area contributed by atoms with Gasteiger partial charge in [0.25, 0.3) is 11.8 Å². The molecule has 7 heteroatoms. The van der Waals surface area contributed by atoms with Crippen LogP contribution in [0.25, 0.3) is 0 Å². The van der Waals surface area contributed by atoms with E-state index in [-0.39, 0.29) is 11.8 Å². The zero-order valence-corrected chi connectivity index (χ0v) is 18.4. The molecule has 0 aromatic heterocycles. The molecule has 160 valence electrons. The maximum Gasteiger partial charge on any atom is 0.254 e. The van der Waals surface area contributed by atoms with Crippen molar-refractivity contribution in [3.8, 4) is 11.5 Å². The summed E-state index contributed by atoms with van der Waals surface area (Å²) in [6.07, 6.45) is 0.940. The Kier molecular flexibility index (Phi) is 7.21. The van der Waals surface area contributed by atoms with Gasteiger partial charge in [-0.25, -0.2) is 0 Å². The van der Waals surface area contributed by atoms with E-state index in [1.165, 1.54) is 12.7 Å². The number of carbonyl (C=O) groups excluding carboxylic acids is 2. The highest BCUT2D eigenvalue weighted by Crippen LogP contribution is 2.36. The Hall–Kier alpha value is -2.73. The van der Waals surface area contributed by atoms with Crippen LogP contribution in [0.1, 0.15) is 40.1 Å². The molecule has 1 fully saturated rings. The largest absolute Gasteiger partial charge is 0.493 e. The van der Waals surface area contributed by atoms with Crippen LogP contribution in [-0.2, 0) is 6.42 Å². The molecule has 0 bridgehead atoms. The SMILES string of the molecule is CCOc1c(Cl)cc(C(=O)N2CCN(C(=O)c3ccc(CC)cc3)CC2)cc1OC. The van der Waals surface area contributed by atoms with Crippen LogP contribution in [0.4, 0.5) is 0 Å². The standard InChI is InChI=1S/C23H27ClN2O4/c1-4-16-6-8-17(9-7-16)22(27)25-10-12-26(13-11-25)23(28)18-14-19(24)21(30-5-2)20(15-18)29-3/h6-9,14-15H,4-5,10-13H2,1-3H3. The molecule has 0 unspecified atom stereocenters. The number of rotatable bonds is 6. The van der Waals surface area contributed by atoms with E-state index < -0.39 is 0 Å². The predicted octanol–water partition coefficient (Wildman–Crippen LogP) is 3.91. The van der Waals surface area contributed by atoms with Gasteiger partial charge < -0.3 is 19.3 Å². The lowest BCUT2D eigenvalue weighted by Crippen LogP contribution is -2.50. The zero-order chi connectivity index (χ0) is 21.7. The van der Waals surface area contributed by atoms with Crippen molar-refractivity contribution in [2.45, 2.75) is 20.3 Å². The summed E-state index contributed by atoms with van der Waals surface area (Å²) >= 11 is 6.30. The fraction of sp³-hybridized carbons (Fsp3) is 0.391. The molecule has 1 aliphatic heterocycles. The minimum absolute atomic E-state index is 0.00414. The van der Waals surface area contributed by atoms with Crippen molar-refractivity contribution in [2.75, 3.05) is 39.9 Å². The van der Waals surface area contributed by atoms with Crippen LogP contribution in [0.15, 0.2) is 36.4 Å². The van der Waals surface area contributed by atoms with Crippen molar-refractivity contribution in [2.24, 2.45) is 0 Å². The number of methoxy groups -OCH3 is 1. The topological polar surface area (TPSA) is 59.1 Å². The molecule has 0 saturated carbocycles. The molecule has 0 atom stereocenters. The minimum Gasteiger partial charge on any atom is -0.493 e. The van der Waals surface area contributed by atoms with E-state index in [9.17, 15) is 9.59 Å². The van der Waals surface area contributed by atoms with Gasteiger partial charge in [0.05, 0.1) is 18.7 Å².